The molecule has 4 nitrogen and oxygen atoms in total. The Morgan fingerprint density at radius 1 is 1.60 bits per heavy atom. The van der Waals surface area contributed by atoms with E-state index in [0.29, 0.717) is 0 Å². The second kappa shape index (κ2) is 4.27. The molecule has 0 atom stereocenters. The molecule has 0 amide bonds. The second-order valence-corrected chi connectivity index (χ2v) is 1.38. The van der Waals surface area contributed by atoms with E-state index >= 15 is 0 Å². The third-order valence-electron chi connectivity index (χ3n) is 0.538. The van der Waals surface area contributed by atoms with E-state index in [0.717, 1.165) is 19.1 Å². The van der Waals surface area contributed by atoms with Crippen molar-refractivity contribution in [1.29, 1.82) is 5.26 Å². The average Bonchev–Trinajstić information content (AvgIpc) is 1.82. The maximum absolute atomic E-state index is 10.3. The predicted molar refractivity (Wildman–Crippen MR) is 31.5 cm³/mol. The van der Waals surface area contributed by atoms with Crippen molar-refractivity contribution in [2.24, 2.45) is 0 Å². The van der Waals surface area contributed by atoms with Crippen molar-refractivity contribution >= 4 is 11.9 Å². The number of allylic oxidation sites excluding steroid dienone is 1. The van der Waals surface area contributed by atoms with Gasteiger partial charge in [0.25, 0.3) is 0 Å². The molecule has 0 aromatic heterocycles. The van der Waals surface area contributed by atoms with Crippen LogP contribution in [-0.2, 0) is 14.3 Å². The standard InChI is InChI=1S/C6H5NO3/c1-5(8)10-6(9)3-2-4-7/h2-3H,1H3. The van der Waals surface area contributed by atoms with Crippen LogP contribution in [0.25, 0.3) is 0 Å². The van der Waals surface area contributed by atoms with Gasteiger partial charge in [0.15, 0.2) is 0 Å². The van der Waals surface area contributed by atoms with Gasteiger partial charge in [-0.3, -0.25) is 4.79 Å². The van der Waals surface area contributed by atoms with Crippen molar-refractivity contribution in [3.8, 4) is 6.07 Å². The number of ether oxygens (including phenoxy) is 1. The Kier molecular flexibility index (Phi) is 3.57. The van der Waals surface area contributed by atoms with Crippen LogP contribution in [-0.4, -0.2) is 11.9 Å². The first kappa shape index (κ1) is 8.37. The Bertz CT molecular complexity index is 212. The summed E-state index contributed by atoms with van der Waals surface area (Å²) in [6.07, 6.45) is 1.81. The van der Waals surface area contributed by atoms with Gasteiger partial charge in [-0.1, -0.05) is 0 Å². The molecule has 0 rings (SSSR count). The molecular formula is C6H5NO3. The van der Waals surface area contributed by atoms with Crippen LogP contribution >= 0.6 is 0 Å². The molecule has 0 N–H and O–H groups in total. The first-order valence-electron chi connectivity index (χ1n) is 2.45. The van der Waals surface area contributed by atoms with E-state index < -0.39 is 11.9 Å². The number of carbonyl (C=O) groups is 2. The lowest BCUT2D eigenvalue weighted by Crippen LogP contribution is -2.04. The zero-order chi connectivity index (χ0) is 7.98. The SMILES string of the molecule is CC(=O)OC(=O)C=CC#N. The molecule has 0 saturated carbocycles. The molecular weight excluding hydrogens is 134 g/mol. The van der Waals surface area contributed by atoms with Crippen LogP contribution in [0.3, 0.4) is 0 Å². The summed E-state index contributed by atoms with van der Waals surface area (Å²) in [7, 11) is 0. The fraction of sp³-hybridized carbons (Fsp3) is 0.167. The summed E-state index contributed by atoms with van der Waals surface area (Å²) >= 11 is 0. The van der Waals surface area contributed by atoms with Crippen LogP contribution in [0.1, 0.15) is 6.92 Å². The molecule has 4 heteroatoms. The van der Waals surface area contributed by atoms with Gasteiger partial charge in [0.2, 0.25) is 0 Å². The van der Waals surface area contributed by atoms with Gasteiger partial charge in [-0.25, -0.2) is 4.79 Å². The van der Waals surface area contributed by atoms with Crippen molar-refractivity contribution in [2.75, 3.05) is 0 Å². The molecule has 52 valence electrons. The van der Waals surface area contributed by atoms with Gasteiger partial charge in [-0.2, -0.15) is 5.26 Å². The maximum atomic E-state index is 10.3. The van der Waals surface area contributed by atoms with E-state index in [2.05, 4.69) is 4.74 Å². The van der Waals surface area contributed by atoms with E-state index in [-0.39, 0.29) is 0 Å². The van der Waals surface area contributed by atoms with Gasteiger partial charge in [0.05, 0.1) is 6.07 Å². The predicted octanol–water partition coefficient (Wildman–Crippen LogP) is 0.156. The van der Waals surface area contributed by atoms with E-state index in [4.69, 9.17) is 5.26 Å². The molecule has 0 aromatic carbocycles. The van der Waals surface area contributed by atoms with Crippen LogP contribution in [0.5, 0.6) is 0 Å². The van der Waals surface area contributed by atoms with Gasteiger partial charge in [0, 0.05) is 19.1 Å². The molecule has 0 aromatic rings. The van der Waals surface area contributed by atoms with Crippen LogP contribution < -0.4 is 0 Å². The highest BCUT2D eigenvalue weighted by Gasteiger charge is 1.98. The molecule has 0 fully saturated rings. The maximum Gasteiger partial charge on any atom is 0.339 e. The molecule has 10 heavy (non-hydrogen) atoms. The van der Waals surface area contributed by atoms with E-state index in [1.165, 1.54) is 0 Å². The first-order chi connectivity index (χ1) is 4.66. The molecule has 0 aliphatic carbocycles. The van der Waals surface area contributed by atoms with Crippen molar-refractivity contribution < 1.29 is 14.3 Å². The van der Waals surface area contributed by atoms with Gasteiger partial charge >= 0.3 is 11.9 Å². The van der Waals surface area contributed by atoms with Crippen molar-refractivity contribution in [3.05, 3.63) is 12.2 Å². The lowest BCUT2D eigenvalue weighted by atomic mass is 10.5. The number of nitrogens with zero attached hydrogens (tertiary/aromatic N) is 1. The summed E-state index contributed by atoms with van der Waals surface area (Å²) in [4.78, 5) is 20.4. The molecule has 0 heterocycles. The summed E-state index contributed by atoms with van der Waals surface area (Å²) in [5.41, 5.74) is 0. The molecule has 0 radical (unpaired) electrons. The molecule has 0 spiro atoms. The largest absolute Gasteiger partial charge is 0.390 e. The zero-order valence-corrected chi connectivity index (χ0v) is 5.33. The minimum atomic E-state index is -0.825. The molecule has 0 saturated heterocycles. The average molecular weight is 139 g/mol. The Hall–Kier alpha value is -1.63. The number of carbonyl (C=O) groups excluding carboxylic acids is 2. The van der Waals surface area contributed by atoms with Crippen LogP contribution in [0.4, 0.5) is 0 Å². The third-order valence-corrected chi connectivity index (χ3v) is 0.538. The number of hydrogen-bond donors (Lipinski definition) is 0. The lowest BCUT2D eigenvalue weighted by Gasteiger charge is -1.89. The lowest BCUT2D eigenvalue weighted by molar-refractivity contribution is -0.154. The highest BCUT2D eigenvalue weighted by atomic mass is 16.6. The first-order valence-corrected chi connectivity index (χ1v) is 2.45. The Labute approximate surface area is 57.7 Å². The fourth-order valence-corrected chi connectivity index (χ4v) is 0.281. The number of esters is 2. The summed E-state index contributed by atoms with van der Waals surface area (Å²) in [5, 5.41) is 7.92. The Morgan fingerprint density at radius 3 is 2.60 bits per heavy atom. The summed E-state index contributed by atoms with van der Waals surface area (Å²) in [6, 6.07) is 1.58. The quantitative estimate of drug-likeness (QED) is 0.224. The van der Waals surface area contributed by atoms with Crippen molar-refractivity contribution in [2.45, 2.75) is 6.92 Å². The minimum absolute atomic E-state index is 0.687. The second-order valence-electron chi connectivity index (χ2n) is 1.38. The van der Waals surface area contributed by atoms with E-state index in [1.807, 2.05) is 0 Å². The van der Waals surface area contributed by atoms with Gasteiger partial charge in [-0.15, -0.1) is 0 Å². The highest BCUT2D eigenvalue weighted by molar-refractivity contribution is 5.91. The van der Waals surface area contributed by atoms with Gasteiger partial charge in [0.1, 0.15) is 0 Å². The Balaban J connectivity index is 3.78. The number of hydrogen-bond acceptors (Lipinski definition) is 4. The molecule has 0 aliphatic rings. The van der Waals surface area contributed by atoms with E-state index in [1.54, 1.807) is 6.07 Å². The molecule has 0 unspecified atom stereocenters. The van der Waals surface area contributed by atoms with Crippen LogP contribution in [0, 0.1) is 11.3 Å². The van der Waals surface area contributed by atoms with Gasteiger partial charge < -0.3 is 4.74 Å². The smallest absolute Gasteiger partial charge is 0.339 e. The third kappa shape index (κ3) is 4.53. The monoisotopic (exact) mass is 139 g/mol. The number of nitriles is 1. The van der Waals surface area contributed by atoms with Crippen molar-refractivity contribution in [1.82, 2.24) is 0 Å². The topological polar surface area (TPSA) is 67.2 Å². The summed E-state index contributed by atoms with van der Waals surface area (Å²) in [5.74, 6) is -1.51. The van der Waals surface area contributed by atoms with Crippen molar-refractivity contribution in [3.63, 3.8) is 0 Å². The minimum Gasteiger partial charge on any atom is -0.390 e. The summed E-state index contributed by atoms with van der Waals surface area (Å²) in [6.45, 7) is 1.11. The normalized spacial score (nSPS) is 8.80. The molecule has 0 bridgehead atoms. The number of rotatable bonds is 1. The summed E-state index contributed by atoms with van der Waals surface area (Å²) < 4.78 is 4.04. The fourth-order valence-electron chi connectivity index (χ4n) is 0.281. The highest BCUT2D eigenvalue weighted by Crippen LogP contribution is 1.80. The Morgan fingerprint density at radius 2 is 2.20 bits per heavy atom. The van der Waals surface area contributed by atoms with Gasteiger partial charge in [-0.05, 0) is 0 Å². The van der Waals surface area contributed by atoms with E-state index in [9.17, 15) is 9.59 Å². The molecule has 0 aliphatic heterocycles. The van der Waals surface area contributed by atoms with Crippen LogP contribution in [0.2, 0.25) is 0 Å². The van der Waals surface area contributed by atoms with Crippen LogP contribution in [0.15, 0.2) is 12.2 Å². The zero-order valence-electron chi connectivity index (χ0n) is 5.33.